The van der Waals surface area contributed by atoms with Gasteiger partial charge in [0.1, 0.15) is 12.4 Å². The van der Waals surface area contributed by atoms with E-state index in [0.717, 1.165) is 38.5 Å². The Hall–Kier alpha value is -1.50. The van der Waals surface area contributed by atoms with Crippen molar-refractivity contribution >= 4 is 11.8 Å². The Morgan fingerprint density at radius 1 is 1.24 bits per heavy atom. The first-order valence-electron chi connectivity index (χ1n) is 10.9. The average molecular weight is 411 g/mol. The second-order valence-corrected chi connectivity index (χ2v) is 7.73. The highest BCUT2D eigenvalue weighted by Crippen LogP contribution is 2.33. The van der Waals surface area contributed by atoms with Gasteiger partial charge in [0.05, 0.1) is 18.8 Å². The second-order valence-electron chi connectivity index (χ2n) is 7.73. The van der Waals surface area contributed by atoms with Gasteiger partial charge in [0, 0.05) is 25.4 Å². The summed E-state index contributed by atoms with van der Waals surface area (Å²) < 4.78 is 9.69. The highest BCUT2D eigenvalue weighted by atomic mass is 16.6. The third-order valence-electron chi connectivity index (χ3n) is 5.24. The average Bonchev–Trinajstić information content (AvgIpc) is 2.95. The maximum atomic E-state index is 12.2. The smallest absolute Gasteiger partial charge is 0.332 e. The van der Waals surface area contributed by atoms with Gasteiger partial charge in [-0.25, -0.2) is 4.79 Å². The number of ketones is 1. The van der Waals surface area contributed by atoms with Crippen molar-refractivity contribution in [1.82, 2.24) is 0 Å². The molecule has 166 valence electrons. The lowest BCUT2D eigenvalue weighted by Crippen LogP contribution is -2.18. The molecule has 0 amide bonds. The highest BCUT2D eigenvalue weighted by Gasteiger charge is 2.39. The number of Topliss-reactive ketones (excluding diaryl/α,β-unsaturated/α-hetero) is 1. The lowest BCUT2D eigenvalue weighted by molar-refractivity contribution is -0.148. The lowest BCUT2D eigenvalue weighted by Gasteiger charge is -2.16. The number of hydrogen-bond donors (Lipinski definition) is 2. The molecule has 0 saturated heterocycles. The second kappa shape index (κ2) is 15.4. The first kappa shape index (κ1) is 25.5. The van der Waals surface area contributed by atoms with Crippen LogP contribution in [0.25, 0.3) is 0 Å². The SMILES string of the molecule is CCCCC[C@H](O)/C=C/[C@H]1[C@H](O)CC(=O)[C@@H]1C/C=C\CCCCOC(=O)COC. The zero-order valence-electron chi connectivity index (χ0n) is 17.9. The minimum atomic E-state index is -0.665. The Morgan fingerprint density at radius 2 is 2.03 bits per heavy atom. The molecule has 29 heavy (non-hydrogen) atoms. The van der Waals surface area contributed by atoms with Crippen LogP contribution in [0.1, 0.15) is 64.7 Å². The number of aliphatic hydroxyl groups excluding tert-OH is 2. The Bertz CT molecular complexity index is 527. The molecule has 0 unspecified atom stereocenters. The zero-order chi connectivity index (χ0) is 21.5. The van der Waals surface area contributed by atoms with Crippen molar-refractivity contribution in [3.63, 3.8) is 0 Å². The molecule has 4 atom stereocenters. The normalized spacial score (nSPS) is 23.3. The molecule has 1 aliphatic rings. The summed E-state index contributed by atoms with van der Waals surface area (Å²) in [5.74, 6) is -0.721. The summed E-state index contributed by atoms with van der Waals surface area (Å²) in [5, 5.41) is 20.3. The van der Waals surface area contributed by atoms with Crippen LogP contribution in [0.3, 0.4) is 0 Å². The number of aliphatic hydroxyl groups is 2. The van der Waals surface area contributed by atoms with E-state index >= 15 is 0 Å². The molecule has 2 N–H and O–H groups in total. The Labute approximate surface area is 175 Å². The molecular formula is C23H38O6. The van der Waals surface area contributed by atoms with E-state index in [-0.39, 0.29) is 36.6 Å². The standard InChI is InChI=1S/C23H38O6/c1-3-4-8-11-18(24)13-14-20-19(21(25)16-22(20)26)12-9-6-5-7-10-15-29-23(27)17-28-2/h6,9,13-14,18-20,22,24,26H,3-5,7-8,10-12,15-17H2,1-2H3/b9-6-,14-13+/t18-,19+,20+,22+/m0/s1. The number of hydrogen-bond acceptors (Lipinski definition) is 6. The van der Waals surface area contributed by atoms with Crippen LogP contribution < -0.4 is 0 Å². The number of allylic oxidation sites excluding steroid dienone is 2. The zero-order valence-corrected chi connectivity index (χ0v) is 17.9. The third kappa shape index (κ3) is 10.7. The van der Waals surface area contributed by atoms with Gasteiger partial charge in [-0.1, -0.05) is 50.5 Å². The fourth-order valence-corrected chi connectivity index (χ4v) is 3.55. The van der Waals surface area contributed by atoms with Crippen molar-refractivity contribution in [2.45, 2.75) is 76.9 Å². The summed E-state index contributed by atoms with van der Waals surface area (Å²) in [6.45, 7) is 2.49. The van der Waals surface area contributed by atoms with Gasteiger partial charge >= 0.3 is 5.97 Å². The van der Waals surface area contributed by atoms with E-state index in [0.29, 0.717) is 19.4 Å². The van der Waals surface area contributed by atoms with E-state index in [1.807, 2.05) is 18.2 Å². The van der Waals surface area contributed by atoms with Crippen molar-refractivity contribution in [2.75, 3.05) is 20.3 Å². The number of unbranched alkanes of at least 4 members (excludes halogenated alkanes) is 4. The lowest BCUT2D eigenvalue weighted by atomic mass is 9.90. The first-order chi connectivity index (χ1) is 14.0. The molecule has 1 saturated carbocycles. The fraction of sp³-hybridized carbons (Fsp3) is 0.739. The molecule has 0 aromatic rings. The van der Waals surface area contributed by atoms with Crippen LogP contribution in [0.5, 0.6) is 0 Å². The summed E-state index contributed by atoms with van der Waals surface area (Å²) in [4.78, 5) is 23.4. The van der Waals surface area contributed by atoms with Gasteiger partial charge < -0.3 is 19.7 Å². The molecule has 0 aromatic carbocycles. The molecule has 0 heterocycles. The Morgan fingerprint density at radius 3 is 2.76 bits per heavy atom. The molecule has 6 nitrogen and oxygen atoms in total. The van der Waals surface area contributed by atoms with Gasteiger partial charge in [0.25, 0.3) is 0 Å². The van der Waals surface area contributed by atoms with Gasteiger partial charge in [-0.3, -0.25) is 4.79 Å². The topological polar surface area (TPSA) is 93.1 Å². The predicted molar refractivity (Wildman–Crippen MR) is 112 cm³/mol. The van der Waals surface area contributed by atoms with E-state index in [1.165, 1.54) is 7.11 Å². The number of carbonyl (C=O) groups is 2. The van der Waals surface area contributed by atoms with E-state index in [9.17, 15) is 19.8 Å². The van der Waals surface area contributed by atoms with Crippen LogP contribution in [-0.4, -0.2) is 54.5 Å². The van der Waals surface area contributed by atoms with E-state index in [4.69, 9.17) is 4.74 Å². The van der Waals surface area contributed by atoms with Crippen molar-refractivity contribution < 1.29 is 29.3 Å². The summed E-state index contributed by atoms with van der Waals surface area (Å²) in [7, 11) is 1.45. The van der Waals surface area contributed by atoms with Crippen molar-refractivity contribution in [1.29, 1.82) is 0 Å². The van der Waals surface area contributed by atoms with Gasteiger partial charge in [-0.15, -0.1) is 0 Å². The Kier molecular flexibility index (Phi) is 13.5. The number of rotatable bonds is 15. The largest absolute Gasteiger partial charge is 0.464 e. The maximum Gasteiger partial charge on any atom is 0.332 e. The minimum absolute atomic E-state index is 0.0213. The number of methoxy groups -OCH3 is 1. The number of ether oxygens (including phenoxy) is 2. The van der Waals surface area contributed by atoms with Crippen molar-refractivity contribution in [3.05, 3.63) is 24.3 Å². The van der Waals surface area contributed by atoms with Crippen LogP contribution >= 0.6 is 0 Å². The highest BCUT2D eigenvalue weighted by molar-refractivity contribution is 5.84. The van der Waals surface area contributed by atoms with Gasteiger partial charge in [-0.05, 0) is 32.1 Å². The predicted octanol–water partition coefficient (Wildman–Crippen LogP) is 3.36. The molecule has 0 radical (unpaired) electrons. The summed E-state index contributed by atoms with van der Waals surface area (Å²) in [6.07, 6.45) is 13.6. The molecule has 0 aliphatic heterocycles. The van der Waals surface area contributed by atoms with Crippen molar-refractivity contribution in [2.24, 2.45) is 11.8 Å². The molecular weight excluding hydrogens is 372 g/mol. The molecule has 0 aromatic heterocycles. The third-order valence-corrected chi connectivity index (χ3v) is 5.24. The van der Waals surface area contributed by atoms with E-state index in [2.05, 4.69) is 11.7 Å². The van der Waals surface area contributed by atoms with E-state index < -0.39 is 12.2 Å². The molecule has 0 bridgehead atoms. The molecule has 1 rings (SSSR count). The number of carbonyl (C=O) groups excluding carboxylic acids is 2. The quantitative estimate of drug-likeness (QED) is 0.244. The van der Waals surface area contributed by atoms with Gasteiger partial charge in [0.2, 0.25) is 0 Å². The van der Waals surface area contributed by atoms with E-state index in [1.54, 1.807) is 6.08 Å². The number of esters is 1. The molecule has 1 aliphatic carbocycles. The summed E-state index contributed by atoms with van der Waals surface area (Å²) >= 11 is 0. The Balaban J connectivity index is 2.33. The fourth-order valence-electron chi connectivity index (χ4n) is 3.55. The summed E-state index contributed by atoms with van der Waals surface area (Å²) in [6, 6.07) is 0. The van der Waals surface area contributed by atoms with Crippen LogP contribution in [0, 0.1) is 11.8 Å². The van der Waals surface area contributed by atoms with Gasteiger partial charge in [0.15, 0.2) is 0 Å². The van der Waals surface area contributed by atoms with Crippen LogP contribution in [0.15, 0.2) is 24.3 Å². The molecule has 1 fully saturated rings. The van der Waals surface area contributed by atoms with Crippen LogP contribution in [0.4, 0.5) is 0 Å². The minimum Gasteiger partial charge on any atom is -0.464 e. The molecule has 0 spiro atoms. The van der Waals surface area contributed by atoms with Crippen LogP contribution in [0.2, 0.25) is 0 Å². The maximum absolute atomic E-state index is 12.2. The van der Waals surface area contributed by atoms with Crippen LogP contribution in [-0.2, 0) is 19.1 Å². The van der Waals surface area contributed by atoms with Gasteiger partial charge in [-0.2, -0.15) is 0 Å². The first-order valence-corrected chi connectivity index (χ1v) is 10.9. The summed E-state index contributed by atoms with van der Waals surface area (Å²) in [5.41, 5.74) is 0. The van der Waals surface area contributed by atoms with Crippen molar-refractivity contribution in [3.8, 4) is 0 Å². The monoisotopic (exact) mass is 410 g/mol. The molecule has 6 heteroatoms.